The molecule has 0 atom stereocenters. The average molecular weight is 298 g/mol. The van der Waals surface area contributed by atoms with Gasteiger partial charge in [-0.15, -0.1) is 11.3 Å². The van der Waals surface area contributed by atoms with Crippen molar-refractivity contribution in [3.05, 3.63) is 21.9 Å². The van der Waals surface area contributed by atoms with Crippen molar-refractivity contribution in [3.8, 4) is 0 Å². The summed E-state index contributed by atoms with van der Waals surface area (Å²) in [6, 6.07) is 2.07. The summed E-state index contributed by atoms with van der Waals surface area (Å²) >= 11 is 1.69. The number of likely N-dealkylation sites (N-methyl/N-ethyl adjacent to an activating group) is 2. The molecule has 112 valence electrons. The number of carbonyl (C=O) groups excluding carboxylic acids is 2. The molecule has 1 aromatic heterocycles. The van der Waals surface area contributed by atoms with Gasteiger partial charge in [0.2, 0.25) is 5.91 Å². The first-order valence-electron chi connectivity index (χ1n) is 6.55. The number of carbonyl (C=O) groups is 2. The lowest BCUT2D eigenvalue weighted by molar-refractivity contribution is -0.148. The molecule has 0 unspecified atom stereocenters. The summed E-state index contributed by atoms with van der Waals surface area (Å²) in [5.41, 5.74) is 1.24. The van der Waals surface area contributed by atoms with Gasteiger partial charge in [0, 0.05) is 18.5 Å². The summed E-state index contributed by atoms with van der Waals surface area (Å²) in [6.07, 6.45) is 0. The summed E-state index contributed by atoms with van der Waals surface area (Å²) < 4.78 is 4.82. The lowest BCUT2D eigenvalue weighted by atomic mass is 10.3. The Balaban J connectivity index is 2.41. The van der Waals surface area contributed by atoms with Gasteiger partial charge in [-0.2, -0.15) is 0 Å². The molecule has 1 aromatic rings. The Hall–Kier alpha value is -1.40. The second-order valence-corrected chi connectivity index (χ2v) is 5.75. The normalized spacial score (nSPS) is 10.7. The third kappa shape index (κ3) is 5.30. The Morgan fingerprint density at radius 1 is 1.30 bits per heavy atom. The van der Waals surface area contributed by atoms with Crippen LogP contribution in [-0.2, 0) is 20.9 Å². The van der Waals surface area contributed by atoms with Gasteiger partial charge in [-0.25, -0.2) is 0 Å². The first kappa shape index (κ1) is 16.7. The maximum atomic E-state index is 12.0. The van der Waals surface area contributed by atoms with Crippen molar-refractivity contribution in [3.63, 3.8) is 0 Å². The standard InChI is InChI=1S/C14H22N2O3S/c1-5-19-14(18)10-16(4)13(17)9-15(3)8-12-11(2)6-7-20-12/h6-7H,5,8-10H2,1-4H3. The zero-order valence-electron chi connectivity index (χ0n) is 12.5. The van der Waals surface area contributed by atoms with Crippen LogP contribution in [-0.4, -0.2) is 55.5 Å². The monoisotopic (exact) mass is 298 g/mol. The van der Waals surface area contributed by atoms with E-state index in [4.69, 9.17) is 4.74 Å². The van der Waals surface area contributed by atoms with E-state index in [0.29, 0.717) is 6.61 Å². The third-order valence-corrected chi connectivity index (χ3v) is 3.89. The van der Waals surface area contributed by atoms with Crippen LogP contribution in [0, 0.1) is 6.92 Å². The van der Waals surface area contributed by atoms with Crippen LogP contribution in [0.3, 0.4) is 0 Å². The Kier molecular flexibility index (Phi) is 6.67. The highest BCUT2D eigenvalue weighted by molar-refractivity contribution is 7.10. The lowest BCUT2D eigenvalue weighted by Gasteiger charge is -2.21. The summed E-state index contributed by atoms with van der Waals surface area (Å²) in [6.45, 7) is 5.16. The second kappa shape index (κ2) is 8.01. The van der Waals surface area contributed by atoms with Crippen LogP contribution in [0.4, 0.5) is 0 Å². The quantitative estimate of drug-likeness (QED) is 0.716. The molecule has 0 aliphatic rings. The summed E-state index contributed by atoms with van der Waals surface area (Å²) in [5, 5.41) is 2.05. The molecule has 0 N–H and O–H groups in total. The van der Waals surface area contributed by atoms with Gasteiger partial charge >= 0.3 is 5.97 Å². The van der Waals surface area contributed by atoms with E-state index >= 15 is 0 Å². The van der Waals surface area contributed by atoms with E-state index in [1.54, 1.807) is 25.3 Å². The number of ether oxygens (including phenoxy) is 1. The van der Waals surface area contributed by atoms with Crippen LogP contribution in [0.15, 0.2) is 11.4 Å². The number of aryl methyl sites for hydroxylation is 1. The maximum absolute atomic E-state index is 12.0. The molecule has 1 heterocycles. The lowest BCUT2D eigenvalue weighted by Crippen LogP contribution is -2.39. The molecular formula is C14H22N2O3S. The molecule has 20 heavy (non-hydrogen) atoms. The molecule has 0 fully saturated rings. The molecule has 0 radical (unpaired) electrons. The van der Waals surface area contributed by atoms with E-state index in [0.717, 1.165) is 6.54 Å². The van der Waals surface area contributed by atoms with Gasteiger partial charge in [0.1, 0.15) is 6.54 Å². The summed E-state index contributed by atoms with van der Waals surface area (Å²) in [5.74, 6) is -0.463. The van der Waals surface area contributed by atoms with Gasteiger partial charge in [0.05, 0.1) is 13.2 Å². The van der Waals surface area contributed by atoms with Crippen LogP contribution in [0.25, 0.3) is 0 Å². The second-order valence-electron chi connectivity index (χ2n) is 4.75. The average Bonchev–Trinajstić information content (AvgIpc) is 2.75. The minimum atomic E-state index is -0.375. The van der Waals surface area contributed by atoms with Crippen molar-refractivity contribution < 1.29 is 14.3 Å². The van der Waals surface area contributed by atoms with Crippen molar-refractivity contribution in [1.82, 2.24) is 9.80 Å². The van der Waals surface area contributed by atoms with Crippen LogP contribution in [0.5, 0.6) is 0 Å². The Morgan fingerprint density at radius 2 is 2.00 bits per heavy atom. The number of hydrogen-bond donors (Lipinski definition) is 0. The number of nitrogens with zero attached hydrogens (tertiary/aromatic N) is 2. The van der Waals surface area contributed by atoms with E-state index in [1.807, 2.05) is 17.3 Å². The topological polar surface area (TPSA) is 49.9 Å². The first-order chi connectivity index (χ1) is 9.43. The molecule has 0 aromatic carbocycles. The van der Waals surface area contributed by atoms with Crippen molar-refractivity contribution >= 4 is 23.2 Å². The van der Waals surface area contributed by atoms with Gasteiger partial charge in [-0.1, -0.05) is 0 Å². The molecule has 0 spiro atoms. The minimum absolute atomic E-state index is 0.00145. The van der Waals surface area contributed by atoms with Gasteiger partial charge in [-0.3, -0.25) is 14.5 Å². The van der Waals surface area contributed by atoms with Crippen LogP contribution in [0.2, 0.25) is 0 Å². The maximum Gasteiger partial charge on any atom is 0.325 e. The zero-order chi connectivity index (χ0) is 15.1. The van der Waals surface area contributed by atoms with Gasteiger partial charge in [0.25, 0.3) is 0 Å². The zero-order valence-corrected chi connectivity index (χ0v) is 13.3. The van der Waals surface area contributed by atoms with Crippen molar-refractivity contribution in [2.75, 3.05) is 33.8 Å². The number of hydrogen-bond acceptors (Lipinski definition) is 5. The Labute approximate surface area is 124 Å². The SMILES string of the molecule is CCOC(=O)CN(C)C(=O)CN(C)Cc1sccc1C. The largest absolute Gasteiger partial charge is 0.465 e. The fraction of sp³-hybridized carbons (Fsp3) is 0.571. The molecule has 1 amide bonds. The predicted molar refractivity (Wildman–Crippen MR) is 79.7 cm³/mol. The molecule has 5 nitrogen and oxygen atoms in total. The summed E-state index contributed by atoms with van der Waals surface area (Å²) in [4.78, 5) is 27.9. The van der Waals surface area contributed by atoms with Crippen molar-refractivity contribution in [2.24, 2.45) is 0 Å². The van der Waals surface area contributed by atoms with Gasteiger partial charge < -0.3 is 9.64 Å². The van der Waals surface area contributed by atoms with Gasteiger partial charge in [-0.05, 0) is 37.9 Å². The summed E-state index contributed by atoms with van der Waals surface area (Å²) in [7, 11) is 3.51. The van der Waals surface area contributed by atoms with E-state index in [-0.39, 0.29) is 25.0 Å². The fourth-order valence-corrected chi connectivity index (χ4v) is 2.69. The first-order valence-corrected chi connectivity index (χ1v) is 7.43. The minimum Gasteiger partial charge on any atom is -0.465 e. The fourth-order valence-electron chi connectivity index (χ4n) is 1.71. The molecule has 0 saturated carbocycles. The number of thiophene rings is 1. The van der Waals surface area contributed by atoms with Crippen molar-refractivity contribution in [1.29, 1.82) is 0 Å². The van der Waals surface area contributed by atoms with Crippen molar-refractivity contribution in [2.45, 2.75) is 20.4 Å². The Morgan fingerprint density at radius 3 is 2.55 bits per heavy atom. The van der Waals surface area contributed by atoms with Crippen LogP contribution < -0.4 is 0 Å². The van der Waals surface area contributed by atoms with E-state index < -0.39 is 0 Å². The van der Waals surface area contributed by atoms with Gasteiger partial charge in [0.15, 0.2) is 0 Å². The third-order valence-electron chi connectivity index (χ3n) is 2.88. The van der Waals surface area contributed by atoms with E-state index in [9.17, 15) is 9.59 Å². The van der Waals surface area contributed by atoms with Crippen LogP contribution >= 0.6 is 11.3 Å². The highest BCUT2D eigenvalue weighted by Gasteiger charge is 2.16. The molecule has 0 aliphatic carbocycles. The Bertz CT molecular complexity index is 459. The van der Waals surface area contributed by atoms with Crippen LogP contribution in [0.1, 0.15) is 17.4 Å². The number of rotatable bonds is 7. The molecule has 1 rings (SSSR count). The number of amides is 1. The molecular weight excluding hydrogens is 276 g/mol. The van der Waals surface area contributed by atoms with E-state index in [2.05, 4.69) is 13.0 Å². The predicted octanol–water partition coefficient (Wildman–Crippen LogP) is 1.51. The molecule has 0 bridgehead atoms. The number of esters is 1. The molecule has 0 aliphatic heterocycles. The molecule has 6 heteroatoms. The highest BCUT2D eigenvalue weighted by Crippen LogP contribution is 2.17. The molecule has 0 saturated heterocycles. The van der Waals surface area contributed by atoms with E-state index in [1.165, 1.54) is 15.3 Å². The highest BCUT2D eigenvalue weighted by atomic mass is 32.1. The smallest absolute Gasteiger partial charge is 0.325 e.